The second kappa shape index (κ2) is 7.40. The fourth-order valence-electron chi connectivity index (χ4n) is 2.05. The third-order valence-corrected chi connectivity index (χ3v) is 5.73. The van der Waals surface area contributed by atoms with Crippen LogP contribution in [-0.2, 0) is 26.6 Å². The Morgan fingerprint density at radius 2 is 1.60 bits per heavy atom. The fourth-order valence-corrected chi connectivity index (χ4v) is 3.76. The monoisotopic (exact) mass is 386 g/mol. The van der Waals surface area contributed by atoms with E-state index in [0.29, 0.717) is 11.3 Å². The predicted molar refractivity (Wildman–Crippen MR) is 91.4 cm³/mol. The van der Waals surface area contributed by atoms with E-state index in [2.05, 4.69) is 4.72 Å². The number of methoxy groups -OCH3 is 2. The zero-order valence-corrected chi connectivity index (χ0v) is 15.2. The number of rotatable bonds is 7. The highest BCUT2D eigenvalue weighted by molar-refractivity contribution is 7.89. The first-order valence-electron chi connectivity index (χ1n) is 7.01. The van der Waals surface area contributed by atoms with E-state index in [1.807, 2.05) is 0 Å². The Labute approximate surface area is 146 Å². The van der Waals surface area contributed by atoms with Gasteiger partial charge in [0.2, 0.25) is 20.0 Å². The smallest absolute Gasteiger partial charge is 0.244 e. The molecule has 0 bridgehead atoms. The van der Waals surface area contributed by atoms with Crippen molar-refractivity contribution in [2.24, 2.45) is 5.14 Å². The van der Waals surface area contributed by atoms with Crippen LogP contribution in [0.3, 0.4) is 0 Å². The SMILES string of the molecule is COc1ccc(OC)c(S(=O)(=O)NCc2ccc(S(N)(=O)=O)cc2)c1. The van der Waals surface area contributed by atoms with Crippen LogP contribution in [0.5, 0.6) is 11.5 Å². The first-order valence-corrected chi connectivity index (χ1v) is 10.0. The molecule has 0 amide bonds. The van der Waals surface area contributed by atoms with Crippen LogP contribution < -0.4 is 19.3 Å². The predicted octanol–water partition coefficient (Wildman–Crippen LogP) is 0.830. The summed E-state index contributed by atoms with van der Waals surface area (Å²) in [6.07, 6.45) is 0. The lowest BCUT2D eigenvalue weighted by Gasteiger charge is -2.12. The standard InChI is InChI=1S/C15H18N2O6S2/c1-22-12-5-8-14(23-2)15(9-12)25(20,21)17-10-11-3-6-13(7-4-11)24(16,18)19/h3-9,17H,10H2,1-2H3,(H2,16,18,19). The van der Waals surface area contributed by atoms with Gasteiger partial charge < -0.3 is 9.47 Å². The van der Waals surface area contributed by atoms with Gasteiger partial charge in [-0.3, -0.25) is 0 Å². The molecule has 136 valence electrons. The van der Waals surface area contributed by atoms with Crippen LogP contribution in [0.25, 0.3) is 0 Å². The summed E-state index contributed by atoms with van der Waals surface area (Å²) in [5.74, 6) is 0.552. The van der Waals surface area contributed by atoms with Gasteiger partial charge in [0, 0.05) is 12.6 Å². The van der Waals surface area contributed by atoms with Gasteiger partial charge in [0.15, 0.2) is 0 Å². The molecule has 2 rings (SSSR count). The Morgan fingerprint density at radius 3 is 2.12 bits per heavy atom. The van der Waals surface area contributed by atoms with Gasteiger partial charge >= 0.3 is 0 Å². The van der Waals surface area contributed by atoms with Crippen molar-refractivity contribution in [3.8, 4) is 11.5 Å². The third-order valence-electron chi connectivity index (χ3n) is 3.38. The van der Waals surface area contributed by atoms with Gasteiger partial charge in [-0.15, -0.1) is 0 Å². The molecule has 0 radical (unpaired) electrons. The number of nitrogens with one attached hydrogen (secondary N) is 1. The van der Waals surface area contributed by atoms with Gasteiger partial charge in [-0.05, 0) is 29.8 Å². The van der Waals surface area contributed by atoms with Crippen molar-refractivity contribution in [3.63, 3.8) is 0 Å². The second-order valence-corrected chi connectivity index (χ2v) is 8.33. The van der Waals surface area contributed by atoms with E-state index in [-0.39, 0.29) is 22.1 Å². The summed E-state index contributed by atoms with van der Waals surface area (Å²) in [5.41, 5.74) is 0.567. The number of primary sulfonamides is 1. The zero-order chi connectivity index (χ0) is 18.7. The van der Waals surface area contributed by atoms with Crippen LogP contribution in [0.15, 0.2) is 52.3 Å². The van der Waals surface area contributed by atoms with Gasteiger partial charge in [0.1, 0.15) is 16.4 Å². The van der Waals surface area contributed by atoms with Gasteiger partial charge in [-0.2, -0.15) is 0 Å². The Balaban J connectivity index is 2.22. The normalized spacial score (nSPS) is 12.0. The summed E-state index contributed by atoms with van der Waals surface area (Å²) >= 11 is 0. The molecule has 0 saturated carbocycles. The Kier molecular flexibility index (Phi) is 5.68. The molecule has 0 aliphatic heterocycles. The lowest BCUT2D eigenvalue weighted by Crippen LogP contribution is -2.24. The molecule has 8 nitrogen and oxygen atoms in total. The van der Waals surface area contributed by atoms with E-state index in [9.17, 15) is 16.8 Å². The molecule has 2 aromatic rings. The molecule has 0 unspecified atom stereocenters. The van der Waals surface area contributed by atoms with Crippen LogP contribution >= 0.6 is 0 Å². The van der Waals surface area contributed by atoms with Crippen LogP contribution in [-0.4, -0.2) is 31.1 Å². The number of hydrogen-bond acceptors (Lipinski definition) is 6. The van der Waals surface area contributed by atoms with E-state index >= 15 is 0 Å². The molecular weight excluding hydrogens is 368 g/mol. The lowest BCUT2D eigenvalue weighted by atomic mass is 10.2. The third kappa shape index (κ3) is 4.69. The van der Waals surface area contributed by atoms with Gasteiger partial charge in [-0.1, -0.05) is 12.1 Å². The maximum absolute atomic E-state index is 12.5. The van der Waals surface area contributed by atoms with E-state index < -0.39 is 20.0 Å². The largest absolute Gasteiger partial charge is 0.497 e. The minimum atomic E-state index is -3.87. The summed E-state index contributed by atoms with van der Waals surface area (Å²) in [5, 5.41) is 5.02. The van der Waals surface area contributed by atoms with E-state index in [4.69, 9.17) is 14.6 Å². The summed E-state index contributed by atoms with van der Waals surface area (Å²) in [6, 6.07) is 10.0. The van der Waals surface area contributed by atoms with Gasteiger partial charge in [0.25, 0.3) is 0 Å². The summed E-state index contributed by atoms with van der Waals surface area (Å²) in [6.45, 7) is -0.0341. The lowest BCUT2D eigenvalue weighted by molar-refractivity contribution is 0.392. The van der Waals surface area contributed by atoms with Crippen LogP contribution in [0.4, 0.5) is 0 Å². The van der Waals surface area contributed by atoms with Crippen molar-refractivity contribution >= 4 is 20.0 Å². The van der Waals surface area contributed by atoms with Crippen molar-refractivity contribution in [1.29, 1.82) is 0 Å². The maximum Gasteiger partial charge on any atom is 0.244 e. The highest BCUT2D eigenvalue weighted by Gasteiger charge is 2.20. The number of nitrogens with two attached hydrogens (primary N) is 1. The quantitative estimate of drug-likeness (QED) is 0.726. The van der Waals surface area contributed by atoms with Crippen molar-refractivity contribution in [2.75, 3.05) is 14.2 Å². The number of hydrogen-bond donors (Lipinski definition) is 2. The number of ether oxygens (including phenoxy) is 2. The van der Waals surface area contributed by atoms with E-state index in [1.54, 1.807) is 6.07 Å². The molecule has 0 spiro atoms. The molecular formula is C15H18N2O6S2. The molecule has 25 heavy (non-hydrogen) atoms. The minimum absolute atomic E-state index is 0.0341. The molecule has 3 N–H and O–H groups in total. The van der Waals surface area contributed by atoms with Crippen molar-refractivity contribution < 1.29 is 26.3 Å². The van der Waals surface area contributed by atoms with Gasteiger partial charge in [0.05, 0.1) is 19.1 Å². The molecule has 0 atom stereocenters. The first kappa shape index (κ1) is 19.2. The van der Waals surface area contributed by atoms with Crippen LogP contribution in [0, 0.1) is 0 Å². The van der Waals surface area contributed by atoms with Crippen LogP contribution in [0.1, 0.15) is 5.56 Å². The fraction of sp³-hybridized carbons (Fsp3) is 0.200. The molecule has 0 aliphatic rings. The summed E-state index contributed by atoms with van der Waals surface area (Å²) in [7, 11) is -4.86. The van der Waals surface area contributed by atoms with Crippen molar-refractivity contribution in [3.05, 3.63) is 48.0 Å². The molecule has 2 aromatic carbocycles. The van der Waals surface area contributed by atoms with Crippen molar-refractivity contribution in [2.45, 2.75) is 16.3 Å². The zero-order valence-electron chi connectivity index (χ0n) is 13.6. The Morgan fingerprint density at radius 1 is 0.960 bits per heavy atom. The molecule has 0 aromatic heterocycles. The summed E-state index contributed by atoms with van der Waals surface area (Å²) in [4.78, 5) is -0.107. The Bertz CT molecular complexity index is 954. The molecule has 0 fully saturated rings. The van der Waals surface area contributed by atoms with E-state index in [1.165, 1.54) is 50.6 Å². The van der Waals surface area contributed by atoms with Crippen LogP contribution in [0.2, 0.25) is 0 Å². The average molecular weight is 386 g/mol. The topological polar surface area (TPSA) is 125 Å². The highest BCUT2D eigenvalue weighted by Crippen LogP contribution is 2.28. The highest BCUT2D eigenvalue weighted by atomic mass is 32.2. The molecule has 0 heterocycles. The maximum atomic E-state index is 12.5. The molecule has 10 heteroatoms. The number of benzene rings is 2. The first-order chi connectivity index (χ1) is 11.7. The van der Waals surface area contributed by atoms with Crippen molar-refractivity contribution in [1.82, 2.24) is 4.72 Å². The molecule has 0 aliphatic carbocycles. The van der Waals surface area contributed by atoms with Gasteiger partial charge in [-0.25, -0.2) is 26.7 Å². The second-order valence-electron chi connectivity index (χ2n) is 5.03. The Hall–Kier alpha value is -2.14. The minimum Gasteiger partial charge on any atom is -0.497 e. The van der Waals surface area contributed by atoms with E-state index in [0.717, 1.165) is 0 Å². The molecule has 0 saturated heterocycles. The summed E-state index contributed by atoms with van der Waals surface area (Å²) < 4.78 is 60.0. The number of sulfonamides is 2. The average Bonchev–Trinajstić information content (AvgIpc) is 2.59.